The fraction of sp³-hybridized carbons (Fsp3) is 0.227. The minimum Gasteiger partial charge on any atom is -0.403 e. The number of nitrogens with zero attached hydrogens (tertiary/aromatic N) is 1. The van der Waals surface area contributed by atoms with E-state index in [0.29, 0.717) is 5.69 Å². The smallest absolute Gasteiger partial charge is 0.403 e. The fourth-order valence-electron chi connectivity index (χ4n) is 3.58. The number of aliphatic hydroxyl groups is 1. The number of carbonyl (C=O) groups is 1. The van der Waals surface area contributed by atoms with Gasteiger partial charge in [-0.1, -0.05) is 23.2 Å². The number of hydrogen-bond acceptors (Lipinski definition) is 5. The zero-order valence-corrected chi connectivity index (χ0v) is 21.1. The van der Waals surface area contributed by atoms with Gasteiger partial charge in [-0.15, -0.1) is 13.2 Å². The molecule has 0 bridgehead atoms. The molecule has 0 radical (unpaired) electrons. The number of aliphatic hydroxyl groups excluding tert-OH is 1. The van der Waals surface area contributed by atoms with Crippen LogP contribution in [0.2, 0.25) is 10.0 Å². The van der Waals surface area contributed by atoms with E-state index in [1.807, 2.05) is 0 Å². The number of sulfonamides is 1. The lowest BCUT2D eigenvalue weighted by molar-refractivity contribution is -0.274. The van der Waals surface area contributed by atoms with E-state index in [2.05, 4.69) is 10.1 Å². The Labute approximate surface area is 214 Å². The topological polar surface area (TPSA) is 124 Å². The Hall–Kier alpha value is -2.77. The first-order chi connectivity index (χ1) is 16.6. The van der Waals surface area contributed by atoms with Gasteiger partial charge in [0.1, 0.15) is 4.90 Å². The molecule has 0 saturated carbocycles. The van der Waals surface area contributed by atoms with Crippen LogP contribution in [0.25, 0.3) is 5.69 Å². The summed E-state index contributed by atoms with van der Waals surface area (Å²) in [6, 6.07) is 8.67. The van der Waals surface area contributed by atoms with Gasteiger partial charge in [-0.3, -0.25) is 4.79 Å². The Kier molecular flexibility index (Phi) is 7.96. The summed E-state index contributed by atoms with van der Waals surface area (Å²) >= 11 is 11.8. The van der Waals surface area contributed by atoms with Gasteiger partial charge in [0.05, 0.1) is 22.4 Å². The molecular weight excluding hydrogens is 546 g/mol. The average molecular weight is 566 g/mol. The molecule has 3 aromatic rings. The number of aromatic nitrogens is 1. The molecule has 3 rings (SSSR count). The maximum Gasteiger partial charge on any atom is 0.573 e. The van der Waals surface area contributed by atoms with Crippen molar-refractivity contribution in [2.75, 3.05) is 5.32 Å². The maximum atomic E-state index is 13.1. The van der Waals surface area contributed by atoms with Crippen LogP contribution in [0.4, 0.5) is 18.9 Å². The second-order valence-electron chi connectivity index (χ2n) is 7.83. The zero-order chi connectivity index (χ0) is 27.0. The molecule has 2 aromatic carbocycles. The van der Waals surface area contributed by atoms with E-state index in [-0.39, 0.29) is 44.0 Å². The van der Waals surface area contributed by atoms with Gasteiger partial charge in [-0.2, -0.15) is 0 Å². The average Bonchev–Trinajstić information content (AvgIpc) is 3.01. The molecule has 4 N–H and O–H groups in total. The fourth-order valence-corrected chi connectivity index (χ4v) is 4.83. The molecule has 0 aliphatic rings. The molecule has 1 atom stereocenters. The van der Waals surface area contributed by atoms with E-state index in [1.165, 1.54) is 48.7 Å². The van der Waals surface area contributed by atoms with Crippen LogP contribution in [-0.2, 0) is 16.4 Å². The Morgan fingerprint density at radius 2 is 1.86 bits per heavy atom. The molecule has 0 unspecified atom stereocenters. The molecule has 14 heteroatoms. The summed E-state index contributed by atoms with van der Waals surface area (Å²) in [6.45, 7) is 2.99. The van der Waals surface area contributed by atoms with Crippen LogP contribution in [0.1, 0.15) is 28.7 Å². The second-order valence-corrected chi connectivity index (χ2v) is 10.2. The van der Waals surface area contributed by atoms with Gasteiger partial charge in [0, 0.05) is 34.6 Å². The number of ether oxygens (including phenoxy) is 1. The number of halogens is 5. The van der Waals surface area contributed by atoms with Crippen molar-refractivity contribution >= 4 is 44.8 Å². The van der Waals surface area contributed by atoms with E-state index in [1.54, 1.807) is 0 Å². The Bertz CT molecular complexity index is 1420. The van der Waals surface area contributed by atoms with Crippen molar-refractivity contribution in [1.29, 1.82) is 0 Å². The lowest BCUT2D eigenvalue weighted by atomic mass is 10.2. The Morgan fingerprint density at radius 3 is 2.42 bits per heavy atom. The standard InChI is InChI=1S/C22H20Cl2F3N3O5S/c1-11(31)7-15-10-16(21(32)29-14-4-6-20(17(24)9-14)36(28,33)34)12(2)30(15)18-5-3-13(23)8-19(18)35-22(25,26)27/h3-6,8-11,31H,7H2,1-2H3,(H,29,32)(H2,28,33,34)/t11-/m0/s1. The number of rotatable bonds is 7. The van der Waals surface area contributed by atoms with Gasteiger partial charge in [-0.25, -0.2) is 13.6 Å². The van der Waals surface area contributed by atoms with Gasteiger partial charge in [0.15, 0.2) is 5.75 Å². The van der Waals surface area contributed by atoms with Gasteiger partial charge in [-0.05, 0) is 50.2 Å². The molecule has 36 heavy (non-hydrogen) atoms. The molecule has 8 nitrogen and oxygen atoms in total. The number of alkyl halides is 3. The molecule has 0 aliphatic heterocycles. The predicted molar refractivity (Wildman–Crippen MR) is 128 cm³/mol. The van der Waals surface area contributed by atoms with E-state index in [0.717, 1.165) is 12.1 Å². The normalized spacial score (nSPS) is 12.9. The van der Waals surface area contributed by atoms with Crippen LogP contribution < -0.4 is 15.2 Å². The summed E-state index contributed by atoms with van der Waals surface area (Å²) in [5.41, 5.74) is 0.734. The summed E-state index contributed by atoms with van der Waals surface area (Å²) in [7, 11) is -4.08. The number of nitrogens with two attached hydrogens (primary N) is 1. The van der Waals surface area contributed by atoms with Crippen molar-refractivity contribution in [3.63, 3.8) is 0 Å². The third-order valence-electron chi connectivity index (χ3n) is 4.96. The van der Waals surface area contributed by atoms with Crippen LogP contribution in [-0.4, -0.2) is 36.5 Å². The summed E-state index contributed by atoms with van der Waals surface area (Å²) in [6.07, 6.45) is -5.90. The highest BCUT2D eigenvalue weighted by Gasteiger charge is 2.33. The third kappa shape index (κ3) is 6.51. The summed E-state index contributed by atoms with van der Waals surface area (Å²) in [5, 5.41) is 17.4. The summed E-state index contributed by atoms with van der Waals surface area (Å²) in [4.78, 5) is 12.7. The molecule has 0 aliphatic carbocycles. The van der Waals surface area contributed by atoms with E-state index >= 15 is 0 Å². The summed E-state index contributed by atoms with van der Waals surface area (Å²) < 4.78 is 67.8. The van der Waals surface area contributed by atoms with Gasteiger partial charge >= 0.3 is 6.36 Å². The lowest BCUT2D eigenvalue weighted by Crippen LogP contribution is -2.19. The first-order valence-corrected chi connectivity index (χ1v) is 12.5. The molecule has 1 aromatic heterocycles. The number of benzene rings is 2. The minimum absolute atomic E-state index is 0.00216. The van der Waals surface area contributed by atoms with E-state index < -0.39 is 34.1 Å². The number of nitrogens with one attached hydrogen (secondary N) is 1. The molecule has 0 spiro atoms. The van der Waals surface area contributed by atoms with Crippen molar-refractivity contribution in [3.8, 4) is 11.4 Å². The summed E-state index contributed by atoms with van der Waals surface area (Å²) in [5.74, 6) is -1.26. The quantitative estimate of drug-likeness (QED) is 0.379. The van der Waals surface area contributed by atoms with Crippen molar-refractivity contribution in [3.05, 3.63) is 69.5 Å². The van der Waals surface area contributed by atoms with Crippen LogP contribution in [0, 0.1) is 6.92 Å². The molecule has 1 amide bonds. The SMILES string of the molecule is Cc1c(C(=O)Nc2ccc(S(N)(=O)=O)c(Cl)c2)cc(C[C@H](C)O)n1-c1ccc(Cl)cc1OC(F)(F)F. The van der Waals surface area contributed by atoms with Crippen LogP contribution in [0.15, 0.2) is 47.4 Å². The Balaban J connectivity index is 2.07. The highest BCUT2D eigenvalue weighted by molar-refractivity contribution is 7.89. The number of anilines is 1. The molecule has 0 saturated heterocycles. The molecule has 194 valence electrons. The van der Waals surface area contributed by atoms with E-state index in [4.69, 9.17) is 28.3 Å². The first kappa shape index (κ1) is 27.8. The lowest BCUT2D eigenvalue weighted by Gasteiger charge is -2.18. The number of hydrogen-bond donors (Lipinski definition) is 3. The number of carbonyl (C=O) groups excluding carboxylic acids is 1. The predicted octanol–water partition coefficient (Wildman–Crippen LogP) is 4.81. The van der Waals surface area contributed by atoms with Gasteiger partial charge in [0.2, 0.25) is 10.0 Å². The molecular formula is C22H20Cl2F3N3O5S. The monoisotopic (exact) mass is 565 g/mol. The van der Waals surface area contributed by atoms with Gasteiger partial charge in [0.25, 0.3) is 5.91 Å². The van der Waals surface area contributed by atoms with Crippen LogP contribution >= 0.6 is 23.2 Å². The molecule has 1 heterocycles. The third-order valence-corrected chi connectivity index (χ3v) is 6.59. The zero-order valence-electron chi connectivity index (χ0n) is 18.7. The highest BCUT2D eigenvalue weighted by atomic mass is 35.5. The number of amides is 1. The van der Waals surface area contributed by atoms with Gasteiger partial charge < -0.3 is 19.7 Å². The van der Waals surface area contributed by atoms with Crippen LogP contribution in [0.3, 0.4) is 0 Å². The van der Waals surface area contributed by atoms with Crippen molar-refractivity contribution < 1.29 is 36.2 Å². The Morgan fingerprint density at radius 1 is 1.19 bits per heavy atom. The minimum atomic E-state index is -5.01. The largest absolute Gasteiger partial charge is 0.573 e. The van der Waals surface area contributed by atoms with Crippen molar-refractivity contribution in [1.82, 2.24) is 4.57 Å². The highest BCUT2D eigenvalue weighted by Crippen LogP contribution is 2.35. The maximum absolute atomic E-state index is 13.1. The second kappa shape index (κ2) is 10.3. The molecule has 0 fully saturated rings. The van der Waals surface area contributed by atoms with Crippen LogP contribution in [0.5, 0.6) is 5.75 Å². The van der Waals surface area contributed by atoms with Crippen molar-refractivity contribution in [2.45, 2.75) is 37.6 Å². The van der Waals surface area contributed by atoms with Crippen molar-refractivity contribution in [2.24, 2.45) is 5.14 Å². The van der Waals surface area contributed by atoms with E-state index in [9.17, 15) is 31.5 Å². The number of primary sulfonamides is 1. The first-order valence-electron chi connectivity index (χ1n) is 10.2.